The van der Waals surface area contributed by atoms with E-state index >= 15 is 0 Å². The summed E-state index contributed by atoms with van der Waals surface area (Å²) < 4.78 is 43.2. The number of hydrogen-bond acceptors (Lipinski definition) is 6. The number of halogens is 1. The number of unbranched alkanes of at least 4 members (excludes halogenated alkanes) is 2. The molecule has 7 nitrogen and oxygen atoms in total. The number of benzene rings is 2. The third kappa shape index (κ3) is 6.25. The minimum atomic E-state index is -3.68. The third-order valence-corrected chi connectivity index (χ3v) is 9.10. The lowest BCUT2D eigenvalue weighted by Crippen LogP contribution is -2.33. The van der Waals surface area contributed by atoms with E-state index in [0.717, 1.165) is 25.7 Å². The Morgan fingerprint density at radius 2 is 1.66 bits per heavy atom. The van der Waals surface area contributed by atoms with Crippen LogP contribution in [0.25, 0.3) is 10.2 Å². The first-order chi connectivity index (χ1) is 18.3. The molecule has 0 unspecified atom stereocenters. The molecule has 0 saturated heterocycles. The van der Waals surface area contributed by atoms with Gasteiger partial charge in [0.25, 0.3) is 5.91 Å². The summed E-state index contributed by atoms with van der Waals surface area (Å²) in [6, 6.07) is 16.1. The van der Waals surface area contributed by atoms with Crippen LogP contribution in [0.15, 0.2) is 71.8 Å². The fraction of sp³-hybridized carbons (Fsp3) is 0.321. The summed E-state index contributed by atoms with van der Waals surface area (Å²) in [5.41, 5.74) is 1.14. The second-order valence-corrected chi connectivity index (χ2v) is 11.9. The zero-order valence-corrected chi connectivity index (χ0v) is 23.1. The molecule has 38 heavy (non-hydrogen) atoms. The average Bonchev–Trinajstić information content (AvgIpc) is 3.37. The molecule has 0 aliphatic carbocycles. The minimum Gasteiger partial charge on any atom is -0.278 e. The molecule has 0 fully saturated rings. The van der Waals surface area contributed by atoms with Crippen LogP contribution in [-0.2, 0) is 16.6 Å². The second-order valence-electron chi connectivity index (χ2n) is 8.93. The number of amides is 1. The fourth-order valence-electron chi connectivity index (χ4n) is 3.99. The van der Waals surface area contributed by atoms with Crippen molar-refractivity contribution in [3.05, 3.63) is 83.9 Å². The topological polar surface area (TPSA) is 83.5 Å². The lowest BCUT2D eigenvalue weighted by atomic mass is 10.2. The molecular formula is C28H31FN4O3S2. The van der Waals surface area contributed by atoms with Crippen molar-refractivity contribution < 1.29 is 17.6 Å². The van der Waals surface area contributed by atoms with Crippen LogP contribution in [0.3, 0.4) is 0 Å². The summed E-state index contributed by atoms with van der Waals surface area (Å²) >= 11 is 1.21. The lowest BCUT2D eigenvalue weighted by molar-refractivity contribution is 0.0984. The summed E-state index contributed by atoms with van der Waals surface area (Å²) in [5, 5.41) is 0.336. The molecule has 0 radical (unpaired) electrons. The number of thiazole rings is 1. The number of sulfonamides is 1. The molecule has 2 heterocycles. The molecule has 200 valence electrons. The van der Waals surface area contributed by atoms with Gasteiger partial charge in [-0.3, -0.25) is 14.7 Å². The molecule has 2 aromatic heterocycles. The van der Waals surface area contributed by atoms with Crippen molar-refractivity contribution in [2.45, 2.75) is 51.0 Å². The summed E-state index contributed by atoms with van der Waals surface area (Å²) in [6.45, 7) is 5.11. The molecule has 4 rings (SSSR count). The van der Waals surface area contributed by atoms with Crippen molar-refractivity contribution in [2.75, 3.05) is 18.0 Å². The number of carbonyl (C=O) groups is 1. The van der Waals surface area contributed by atoms with Gasteiger partial charge < -0.3 is 0 Å². The van der Waals surface area contributed by atoms with Gasteiger partial charge in [0.15, 0.2) is 5.13 Å². The molecule has 0 spiro atoms. The van der Waals surface area contributed by atoms with Crippen LogP contribution in [-0.4, -0.2) is 41.7 Å². The molecule has 0 N–H and O–H groups in total. The van der Waals surface area contributed by atoms with Crippen LogP contribution in [0.5, 0.6) is 0 Å². The highest BCUT2D eigenvalue weighted by molar-refractivity contribution is 7.89. The van der Waals surface area contributed by atoms with Crippen molar-refractivity contribution in [2.24, 2.45) is 0 Å². The van der Waals surface area contributed by atoms with Crippen LogP contribution in [0.1, 0.15) is 55.6 Å². The number of fused-ring (bicyclic) bond motifs is 1. The van der Waals surface area contributed by atoms with Crippen molar-refractivity contribution >= 4 is 42.6 Å². The predicted octanol–water partition coefficient (Wildman–Crippen LogP) is 6.27. The monoisotopic (exact) mass is 554 g/mol. The van der Waals surface area contributed by atoms with E-state index in [0.29, 0.717) is 34.2 Å². The van der Waals surface area contributed by atoms with Gasteiger partial charge in [0.2, 0.25) is 10.0 Å². The van der Waals surface area contributed by atoms with E-state index < -0.39 is 15.8 Å². The number of nitrogens with zero attached hydrogens (tertiary/aromatic N) is 4. The first-order valence-electron chi connectivity index (χ1n) is 12.7. The van der Waals surface area contributed by atoms with Gasteiger partial charge in [-0.1, -0.05) is 50.2 Å². The molecule has 0 aliphatic rings. The van der Waals surface area contributed by atoms with Gasteiger partial charge in [-0.2, -0.15) is 4.31 Å². The molecule has 0 saturated carbocycles. The van der Waals surface area contributed by atoms with Crippen LogP contribution < -0.4 is 4.90 Å². The Kier molecular flexibility index (Phi) is 9.19. The van der Waals surface area contributed by atoms with Crippen molar-refractivity contribution in [1.29, 1.82) is 0 Å². The van der Waals surface area contributed by atoms with E-state index in [9.17, 15) is 17.6 Å². The first-order valence-corrected chi connectivity index (χ1v) is 15.0. The molecular weight excluding hydrogens is 523 g/mol. The Morgan fingerprint density at radius 1 is 0.947 bits per heavy atom. The number of hydrogen-bond donors (Lipinski definition) is 0. The van der Waals surface area contributed by atoms with Gasteiger partial charge in [0, 0.05) is 24.8 Å². The Balaban J connectivity index is 1.65. The average molecular weight is 555 g/mol. The van der Waals surface area contributed by atoms with Crippen LogP contribution in [0, 0.1) is 5.82 Å². The number of pyridine rings is 1. The summed E-state index contributed by atoms with van der Waals surface area (Å²) in [4.78, 5) is 24.0. The van der Waals surface area contributed by atoms with E-state index in [2.05, 4.69) is 9.97 Å². The third-order valence-electron chi connectivity index (χ3n) is 6.14. The van der Waals surface area contributed by atoms with E-state index in [4.69, 9.17) is 0 Å². The summed E-state index contributed by atoms with van der Waals surface area (Å²) in [5.74, 6) is -0.839. The van der Waals surface area contributed by atoms with Crippen molar-refractivity contribution in [3.8, 4) is 0 Å². The predicted molar refractivity (Wildman–Crippen MR) is 149 cm³/mol. The van der Waals surface area contributed by atoms with Crippen LogP contribution >= 0.6 is 11.3 Å². The maximum atomic E-state index is 14.4. The van der Waals surface area contributed by atoms with Gasteiger partial charge in [-0.25, -0.2) is 17.8 Å². The standard InChI is InChI=1S/C28H31FN4O3S2/c1-3-5-18-32(19-6-4-2)38(35,36)23-15-13-21(14-16-23)27(34)33(20-22-10-7-8-17-30-22)28-31-26-24(29)11-9-12-25(26)37-28/h7-17H,3-6,18-20H2,1-2H3. The number of rotatable bonds is 12. The Morgan fingerprint density at radius 3 is 2.26 bits per heavy atom. The number of anilines is 1. The first kappa shape index (κ1) is 27.8. The maximum absolute atomic E-state index is 14.4. The molecule has 4 aromatic rings. The smallest absolute Gasteiger partial charge is 0.260 e. The highest BCUT2D eigenvalue weighted by Crippen LogP contribution is 2.32. The van der Waals surface area contributed by atoms with E-state index in [1.807, 2.05) is 19.9 Å². The summed E-state index contributed by atoms with van der Waals surface area (Å²) in [7, 11) is -3.68. The Labute approximate surface area is 227 Å². The number of carbonyl (C=O) groups excluding carboxylic acids is 1. The van der Waals surface area contributed by atoms with E-state index in [1.54, 1.807) is 30.5 Å². The normalized spacial score (nSPS) is 11.8. The maximum Gasteiger partial charge on any atom is 0.260 e. The van der Waals surface area contributed by atoms with Gasteiger partial charge in [-0.15, -0.1) is 0 Å². The zero-order valence-electron chi connectivity index (χ0n) is 21.5. The van der Waals surface area contributed by atoms with E-state index in [-0.39, 0.29) is 22.9 Å². The quantitative estimate of drug-likeness (QED) is 0.206. The zero-order chi connectivity index (χ0) is 27.1. The Hall–Kier alpha value is -3.21. The SMILES string of the molecule is CCCCN(CCCC)S(=O)(=O)c1ccc(C(=O)N(Cc2ccccn2)c2nc3c(F)cccc3s2)cc1. The molecule has 0 aliphatic heterocycles. The van der Waals surface area contributed by atoms with Gasteiger partial charge >= 0.3 is 0 Å². The molecule has 1 amide bonds. The number of aromatic nitrogens is 2. The molecule has 2 aromatic carbocycles. The fourth-order valence-corrected chi connectivity index (χ4v) is 6.49. The minimum absolute atomic E-state index is 0.128. The van der Waals surface area contributed by atoms with Crippen molar-refractivity contribution in [3.63, 3.8) is 0 Å². The van der Waals surface area contributed by atoms with Crippen LogP contribution in [0.2, 0.25) is 0 Å². The number of para-hydroxylation sites is 1. The van der Waals surface area contributed by atoms with Gasteiger partial charge in [0.1, 0.15) is 11.3 Å². The van der Waals surface area contributed by atoms with Gasteiger partial charge in [-0.05, 0) is 61.4 Å². The van der Waals surface area contributed by atoms with E-state index in [1.165, 1.54) is 50.9 Å². The molecule has 0 atom stereocenters. The second kappa shape index (κ2) is 12.6. The molecule has 10 heteroatoms. The Bertz CT molecular complexity index is 1470. The largest absolute Gasteiger partial charge is 0.278 e. The van der Waals surface area contributed by atoms with Crippen molar-refractivity contribution in [1.82, 2.24) is 14.3 Å². The highest BCUT2D eigenvalue weighted by Gasteiger charge is 2.26. The van der Waals surface area contributed by atoms with Crippen LogP contribution in [0.4, 0.5) is 9.52 Å². The molecule has 0 bridgehead atoms. The van der Waals surface area contributed by atoms with Gasteiger partial charge in [0.05, 0.1) is 21.8 Å². The lowest BCUT2D eigenvalue weighted by Gasteiger charge is -2.22. The highest BCUT2D eigenvalue weighted by atomic mass is 32.2. The summed E-state index contributed by atoms with van der Waals surface area (Å²) in [6.07, 6.45) is 4.99.